The molecule has 0 fully saturated rings. The van der Waals surface area contributed by atoms with Crippen LogP contribution in [-0.4, -0.2) is 27.2 Å². The highest BCUT2D eigenvalue weighted by Gasteiger charge is 2.07. The van der Waals surface area contributed by atoms with Gasteiger partial charge in [-0.25, -0.2) is 0 Å². The molecule has 0 saturated heterocycles. The van der Waals surface area contributed by atoms with Crippen molar-refractivity contribution < 1.29 is 4.74 Å². The molecule has 0 spiro atoms. The minimum absolute atomic E-state index is 0.723. The second kappa shape index (κ2) is 7.98. The van der Waals surface area contributed by atoms with Crippen molar-refractivity contribution in [3.05, 3.63) is 24.3 Å². The SMILES string of the molecule is COc1ccccc1N(C)CCCC(C)CCN. The van der Waals surface area contributed by atoms with Crippen LogP contribution in [0.2, 0.25) is 0 Å². The second-order valence-corrected chi connectivity index (χ2v) is 4.92. The van der Waals surface area contributed by atoms with Crippen LogP contribution >= 0.6 is 0 Å². The average molecular weight is 250 g/mol. The van der Waals surface area contributed by atoms with Gasteiger partial charge in [0, 0.05) is 13.6 Å². The highest BCUT2D eigenvalue weighted by atomic mass is 16.5. The van der Waals surface area contributed by atoms with Crippen LogP contribution in [0.5, 0.6) is 5.75 Å². The third-order valence-electron chi connectivity index (χ3n) is 3.35. The van der Waals surface area contributed by atoms with Gasteiger partial charge in [-0.15, -0.1) is 0 Å². The number of benzene rings is 1. The molecule has 1 rings (SSSR count). The first kappa shape index (κ1) is 14.8. The number of hydrogen-bond donors (Lipinski definition) is 1. The number of para-hydroxylation sites is 2. The third kappa shape index (κ3) is 4.57. The van der Waals surface area contributed by atoms with Gasteiger partial charge in [0.1, 0.15) is 5.75 Å². The molecule has 1 unspecified atom stereocenters. The summed E-state index contributed by atoms with van der Waals surface area (Å²) in [5.74, 6) is 1.66. The maximum atomic E-state index is 5.56. The summed E-state index contributed by atoms with van der Waals surface area (Å²) in [7, 11) is 3.83. The van der Waals surface area contributed by atoms with Gasteiger partial charge in [-0.1, -0.05) is 19.1 Å². The van der Waals surface area contributed by atoms with E-state index in [1.807, 2.05) is 18.2 Å². The number of ether oxygens (including phenoxy) is 1. The number of methoxy groups -OCH3 is 1. The third-order valence-corrected chi connectivity index (χ3v) is 3.35. The number of rotatable bonds is 8. The van der Waals surface area contributed by atoms with Crippen molar-refractivity contribution >= 4 is 5.69 Å². The van der Waals surface area contributed by atoms with Crippen LogP contribution in [0.15, 0.2) is 24.3 Å². The molecule has 0 aliphatic carbocycles. The van der Waals surface area contributed by atoms with E-state index in [4.69, 9.17) is 10.5 Å². The lowest BCUT2D eigenvalue weighted by Gasteiger charge is -2.22. The molecule has 0 aliphatic heterocycles. The fraction of sp³-hybridized carbons (Fsp3) is 0.600. The number of hydrogen-bond acceptors (Lipinski definition) is 3. The zero-order chi connectivity index (χ0) is 13.4. The lowest BCUT2D eigenvalue weighted by atomic mass is 10.0. The summed E-state index contributed by atoms with van der Waals surface area (Å²) in [6.45, 7) is 4.12. The molecule has 0 amide bonds. The summed E-state index contributed by atoms with van der Waals surface area (Å²) in [4.78, 5) is 2.26. The van der Waals surface area contributed by atoms with E-state index in [1.54, 1.807) is 7.11 Å². The van der Waals surface area contributed by atoms with Crippen molar-refractivity contribution in [1.82, 2.24) is 0 Å². The summed E-state index contributed by atoms with van der Waals surface area (Å²) in [6, 6.07) is 8.15. The monoisotopic (exact) mass is 250 g/mol. The molecule has 1 aromatic rings. The highest BCUT2D eigenvalue weighted by Crippen LogP contribution is 2.26. The predicted octanol–water partition coefficient (Wildman–Crippen LogP) is 2.90. The smallest absolute Gasteiger partial charge is 0.142 e. The number of nitrogens with zero attached hydrogens (tertiary/aromatic N) is 1. The summed E-state index contributed by atoms with van der Waals surface area (Å²) in [5.41, 5.74) is 6.72. The first-order valence-corrected chi connectivity index (χ1v) is 6.73. The van der Waals surface area contributed by atoms with Crippen LogP contribution < -0.4 is 15.4 Å². The summed E-state index contributed by atoms with van der Waals surface area (Å²) >= 11 is 0. The van der Waals surface area contributed by atoms with E-state index < -0.39 is 0 Å². The maximum Gasteiger partial charge on any atom is 0.142 e. The summed E-state index contributed by atoms with van der Waals surface area (Å²) < 4.78 is 5.37. The van der Waals surface area contributed by atoms with Crippen LogP contribution in [0.3, 0.4) is 0 Å². The fourth-order valence-electron chi connectivity index (χ4n) is 2.17. The van der Waals surface area contributed by atoms with Crippen molar-refractivity contribution in [1.29, 1.82) is 0 Å². The normalized spacial score (nSPS) is 12.2. The molecule has 3 nitrogen and oxygen atoms in total. The Kier molecular flexibility index (Phi) is 6.58. The van der Waals surface area contributed by atoms with Gasteiger partial charge >= 0.3 is 0 Å². The van der Waals surface area contributed by atoms with Gasteiger partial charge in [0.15, 0.2) is 0 Å². The molecular formula is C15H26N2O. The van der Waals surface area contributed by atoms with Crippen LogP contribution in [0, 0.1) is 5.92 Å². The molecule has 1 aromatic carbocycles. The Balaban J connectivity index is 2.42. The Morgan fingerprint density at radius 3 is 2.67 bits per heavy atom. The van der Waals surface area contributed by atoms with Crippen molar-refractivity contribution in [3.8, 4) is 5.75 Å². The number of anilines is 1. The zero-order valence-electron chi connectivity index (χ0n) is 11.9. The lowest BCUT2D eigenvalue weighted by Crippen LogP contribution is -2.20. The van der Waals surface area contributed by atoms with Crippen molar-refractivity contribution in [3.63, 3.8) is 0 Å². The largest absolute Gasteiger partial charge is 0.495 e. The highest BCUT2D eigenvalue weighted by molar-refractivity contribution is 5.57. The molecule has 0 heterocycles. The van der Waals surface area contributed by atoms with Crippen LogP contribution in [0.4, 0.5) is 5.69 Å². The number of nitrogens with two attached hydrogens (primary N) is 1. The van der Waals surface area contributed by atoms with Gasteiger partial charge in [-0.2, -0.15) is 0 Å². The molecular weight excluding hydrogens is 224 g/mol. The van der Waals surface area contributed by atoms with Gasteiger partial charge < -0.3 is 15.4 Å². The molecule has 2 N–H and O–H groups in total. The van der Waals surface area contributed by atoms with E-state index in [0.29, 0.717) is 0 Å². The standard InChI is InChI=1S/C15H26N2O/c1-13(10-11-16)7-6-12-17(2)14-8-4-5-9-15(14)18-3/h4-5,8-9,13H,6-7,10-12,16H2,1-3H3. The zero-order valence-corrected chi connectivity index (χ0v) is 11.9. The minimum Gasteiger partial charge on any atom is -0.495 e. The van der Waals surface area contributed by atoms with Gasteiger partial charge in [0.2, 0.25) is 0 Å². The molecule has 3 heteroatoms. The summed E-state index contributed by atoms with van der Waals surface area (Å²) in [5, 5.41) is 0. The molecule has 1 atom stereocenters. The van der Waals surface area contributed by atoms with E-state index in [0.717, 1.165) is 36.9 Å². The van der Waals surface area contributed by atoms with Crippen LogP contribution in [0.1, 0.15) is 26.2 Å². The first-order chi connectivity index (χ1) is 8.69. The average Bonchev–Trinajstić information content (AvgIpc) is 2.38. The molecule has 0 radical (unpaired) electrons. The van der Waals surface area contributed by atoms with Crippen LogP contribution in [0.25, 0.3) is 0 Å². The lowest BCUT2D eigenvalue weighted by molar-refractivity contribution is 0.414. The predicted molar refractivity (Wildman–Crippen MR) is 78.3 cm³/mol. The minimum atomic E-state index is 0.723. The van der Waals surface area contributed by atoms with E-state index in [2.05, 4.69) is 24.9 Å². The van der Waals surface area contributed by atoms with E-state index in [-0.39, 0.29) is 0 Å². The topological polar surface area (TPSA) is 38.5 Å². The molecule has 0 bridgehead atoms. The van der Waals surface area contributed by atoms with Crippen molar-refractivity contribution in [2.45, 2.75) is 26.2 Å². The van der Waals surface area contributed by atoms with E-state index in [1.165, 1.54) is 12.8 Å². The fourth-order valence-corrected chi connectivity index (χ4v) is 2.17. The van der Waals surface area contributed by atoms with E-state index in [9.17, 15) is 0 Å². The molecule has 102 valence electrons. The maximum absolute atomic E-state index is 5.56. The van der Waals surface area contributed by atoms with E-state index >= 15 is 0 Å². The van der Waals surface area contributed by atoms with Crippen LogP contribution in [-0.2, 0) is 0 Å². The molecule has 0 saturated carbocycles. The van der Waals surface area contributed by atoms with Crippen molar-refractivity contribution in [2.75, 3.05) is 32.1 Å². The molecule has 0 aromatic heterocycles. The van der Waals surface area contributed by atoms with Gasteiger partial charge in [-0.3, -0.25) is 0 Å². The quantitative estimate of drug-likeness (QED) is 0.771. The first-order valence-electron chi connectivity index (χ1n) is 6.73. The Hall–Kier alpha value is -1.22. The van der Waals surface area contributed by atoms with Gasteiger partial charge in [0.05, 0.1) is 12.8 Å². The Morgan fingerprint density at radius 2 is 2.00 bits per heavy atom. The molecule has 18 heavy (non-hydrogen) atoms. The van der Waals surface area contributed by atoms with Crippen molar-refractivity contribution in [2.24, 2.45) is 11.7 Å². The second-order valence-electron chi connectivity index (χ2n) is 4.92. The Morgan fingerprint density at radius 1 is 1.28 bits per heavy atom. The van der Waals surface area contributed by atoms with Gasteiger partial charge in [-0.05, 0) is 43.9 Å². The summed E-state index contributed by atoms with van der Waals surface area (Å²) in [6.07, 6.45) is 3.55. The Labute approximate surface area is 111 Å². The molecule has 0 aliphatic rings. The van der Waals surface area contributed by atoms with Gasteiger partial charge in [0.25, 0.3) is 0 Å². The Bertz CT molecular complexity index is 341.